The molecule has 1 aliphatic rings. The first-order chi connectivity index (χ1) is 12.3. The van der Waals surface area contributed by atoms with Gasteiger partial charge in [0.25, 0.3) is 0 Å². The zero-order valence-corrected chi connectivity index (χ0v) is 15.4. The molecule has 1 heterocycles. The molecule has 9 heteroatoms. The van der Waals surface area contributed by atoms with Crippen molar-refractivity contribution < 1.29 is 23.1 Å². The van der Waals surface area contributed by atoms with Gasteiger partial charge in [0, 0.05) is 25.7 Å². The smallest absolute Gasteiger partial charge is 0.312 e. The van der Waals surface area contributed by atoms with Gasteiger partial charge >= 0.3 is 11.8 Å². The standard InChI is InChI=1S/C17H25N3O5S/c18-26(24,25)15-6-4-13(5-7-15)8-10-19-16(22)17(23)20-11-2-1-3-14(20)9-12-21/h4-7,14,21H,1-3,8-12H2,(H,19,22)(H2,18,24,25). The lowest BCUT2D eigenvalue weighted by Gasteiger charge is -2.35. The van der Waals surface area contributed by atoms with Crippen molar-refractivity contribution in [3.8, 4) is 0 Å². The van der Waals surface area contributed by atoms with Crippen molar-refractivity contribution in [3.05, 3.63) is 29.8 Å². The molecule has 1 unspecified atom stereocenters. The number of rotatable bonds is 6. The molecule has 8 nitrogen and oxygen atoms in total. The Balaban J connectivity index is 1.85. The topological polar surface area (TPSA) is 130 Å². The van der Waals surface area contributed by atoms with Crippen molar-refractivity contribution in [1.82, 2.24) is 10.2 Å². The number of carbonyl (C=O) groups excluding carboxylic acids is 2. The molecule has 144 valence electrons. The van der Waals surface area contributed by atoms with Crippen LogP contribution in [0.3, 0.4) is 0 Å². The molecule has 0 spiro atoms. The minimum Gasteiger partial charge on any atom is -0.396 e. The number of hydrogen-bond donors (Lipinski definition) is 3. The van der Waals surface area contributed by atoms with E-state index in [9.17, 15) is 18.0 Å². The van der Waals surface area contributed by atoms with E-state index in [1.54, 1.807) is 17.0 Å². The highest BCUT2D eigenvalue weighted by atomic mass is 32.2. The minimum atomic E-state index is -3.73. The number of benzene rings is 1. The number of primary sulfonamides is 1. The van der Waals surface area contributed by atoms with Crippen LogP contribution in [0, 0.1) is 0 Å². The van der Waals surface area contributed by atoms with Crippen LogP contribution in [-0.4, -0.2) is 56.0 Å². The lowest BCUT2D eigenvalue weighted by molar-refractivity contribution is -0.148. The van der Waals surface area contributed by atoms with E-state index in [-0.39, 0.29) is 24.1 Å². The number of nitrogens with zero attached hydrogens (tertiary/aromatic N) is 1. The van der Waals surface area contributed by atoms with Crippen molar-refractivity contribution in [1.29, 1.82) is 0 Å². The second kappa shape index (κ2) is 9.11. The van der Waals surface area contributed by atoms with Crippen LogP contribution in [0.2, 0.25) is 0 Å². The largest absolute Gasteiger partial charge is 0.396 e. The van der Waals surface area contributed by atoms with E-state index < -0.39 is 21.8 Å². The van der Waals surface area contributed by atoms with Crippen LogP contribution >= 0.6 is 0 Å². The van der Waals surface area contributed by atoms with E-state index in [4.69, 9.17) is 10.2 Å². The maximum absolute atomic E-state index is 12.3. The first-order valence-corrected chi connectivity index (χ1v) is 10.2. The van der Waals surface area contributed by atoms with Crippen molar-refractivity contribution in [3.63, 3.8) is 0 Å². The lowest BCUT2D eigenvalue weighted by atomic mass is 9.99. The van der Waals surface area contributed by atoms with Crippen molar-refractivity contribution in [2.24, 2.45) is 5.14 Å². The lowest BCUT2D eigenvalue weighted by Crippen LogP contribution is -2.50. The molecule has 2 rings (SSSR count). The maximum atomic E-state index is 12.3. The van der Waals surface area contributed by atoms with Gasteiger partial charge in [0.2, 0.25) is 10.0 Å². The van der Waals surface area contributed by atoms with Gasteiger partial charge in [0.1, 0.15) is 0 Å². The third-order valence-electron chi connectivity index (χ3n) is 4.50. The molecule has 1 aromatic carbocycles. The summed E-state index contributed by atoms with van der Waals surface area (Å²) in [5.74, 6) is -1.22. The van der Waals surface area contributed by atoms with Gasteiger partial charge in [0.15, 0.2) is 0 Å². The molecule has 0 saturated carbocycles. The van der Waals surface area contributed by atoms with Crippen molar-refractivity contribution in [2.45, 2.75) is 43.0 Å². The van der Waals surface area contributed by atoms with Crippen LogP contribution in [0.15, 0.2) is 29.2 Å². The van der Waals surface area contributed by atoms with Crippen LogP contribution < -0.4 is 10.5 Å². The highest BCUT2D eigenvalue weighted by Crippen LogP contribution is 2.19. The van der Waals surface area contributed by atoms with Gasteiger partial charge in [-0.15, -0.1) is 0 Å². The van der Waals surface area contributed by atoms with Gasteiger partial charge in [-0.2, -0.15) is 0 Å². The molecule has 26 heavy (non-hydrogen) atoms. The summed E-state index contributed by atoms with van der Waals surface area (Å²) in [6, 6.07) is 5.97. The molecule has 4 N–H and O–H groups in total. The first-order valence-electron chi connectivity index (χ1n) is 8.64. The van der Waals surface area contributed by atoms with E-state index in [1.807, 2.05) is 0 Å². The second-order valence-electron chi connectivity index (χ2n) is 6.36. The van der Waals surface area contributed by atoms with E-state index in [2.05, 4.69) is 5.32 Å². The molecule has 1 atom stereocenters. The number of aliphatic hydroxyl groups is 1. The molecule has 0 radical (unpaired) electrons. The molecule has 2 amide bonds. The Bertz CT molecular complexity index is 731. The summed E-state index contributed by atoms with van der Waals surface area (Å²) in [5.41, 5.74) is 0.821. The summed E-state index contributed by atoms with van der Waals surface area (Å²) in [6.07, 6.45) is 3.59. The number of likely N-dealkylation sites (tertiary alicyclic amines) is 1. The van der Waals surface area contributed by atoms with Gasteiger partial charge in [-0.3, -0.25) is 9.59 Å². The van der Waals surface area contributed by atoms with Gasteiger partial charge in [0.05, 0.1) is 4.90 Å². The van der Waals surface area contributed by atoms with Crippen molar-refractivity contribution in [2.75, 3.05) is 19.7 Å². The second-order valence-corrected chi connectivity index (χ2v) is 7.92. The number of hydrogen-bond acceptors (Lipinski definition) is 5. The van der Waals surface area contributed by atoms with E-state index in [1.165, 1.54) is 12.1 Å². The van der Waals surface area contributed by atoms with Crippen LogP contribution in [-0.2, 0) is 26.0 Å². The molecule has 1 aromatic rings. The van der Waals surface area contributed by atoms with Gasteiger partial charge in [-0.25, -0.2) is 13.6 Å². The quantitative estimate of drug-likeness (QED) is 0.584. The highest BCUT2D eigenvalue weighted by Gasteiger charge is 2.30. The zero-order chi connectivity index (χ0) is 19.2. The fourth-order valence-corrected chi connectivity index (χ4v) is 3.60. The first kappa shape index (κ1) is 20.3. The third-order valence-corrected chi connectivity index (χ3v) is 5.42. The fourth-order valence-electron chi connectivity index (χ4n) is 3.09. The van der Waals surface area contributed by atoms with E-state index >= 15 is 0 Å². The highest BCUT2D eigenvalue weighted by molar-refractivity contribution is 7.89. The van der Waals surface area contributed by atoms with Crippen LogP contribution in [0.1, 0.15) is 31.2 Å². The fraction of sp³-hybridized carbons (Fsp3) is 0.529. The summed E-state index contributed by atoms with van der Waals surface area (Å²) >= 11 is 0. The summed E-state index contributed by atoms with van der Waals surface area (Å²) in [7, 11) is -3.73. The van der Waals surface area contributed by atoms with Crippen molar-refractivity contribution >= 4 is 21.8 Å². The molecular formula is C17H25N3O5S. The van der Waals surface area contributed by atoms with Crippen LogP contribution in [0.25, 0.3) is 0 Å². The number of amides is 2. The minimum absolute atomic E-state index is 0.00934. The number of piperidine rings is 1. The number of sulfonamides is 1. The SMILES string of the molecule is NS(=O)(=O)c1ccc(CCNC(=O)C(=O)N2CCCCC2CCO)cc1. The van der Waals surface area contributed by atoms with E-state index in [0.717, 1.165) is 24.8 Å². The third kappa shape index (κ3) is 5.52. The maximum Gasteiger partial charge on any atom is 0.312 e. The summed E-state index contributed by atoms with van der Waals surface area (Å²) < 4.78 is 22.4. The Kier molecular flexibility index (Phi) is 7.13. The average molecular weight is 383 g/mol. The molecule has 0 bridgehead atoms. The Hall–Kier alpha value is -1.97. The number of aliphatic hydroxyl groups excluding tert-OH is 1. The Labute approximate surface area is 153 Å². The summed E-state index contributed by atoms with van der Waals surface area (Å²) in [6.45, 7) is 0.786. The molecular weight excluding hydrogens is 358 g/mol. The summed E-state index contributed by atoms with van der Waals surface area (Å²) in [4.78, 5) is 26.0. The molecule has 1 aliphatic heterocycles. The molecule has 1 fully saturated rings. The summed E-state index contributed by atoms with van der Waals surface area (Å²) in [5, 5.41) is 16.8. The van der Waals surface area contributed by atoms with Gasteiger partial charge in [-0.1, -0.05) is 12.1 Å². The van der Waals surface area contributed by atoms with Gasteiger partial charge < -0.3 is 15.3 Å². The Morgan fingerprint density at radius 2 is 1.92 bits per heavy atom. The number of nitrogens with two attached hydrogens (primary N) is 1. The number of carbonyl (C=O) groups is 2. The predicted octanol–water partition coefficient (Wildman–Crippen LogP) is -0.244. The number of nitrogens with one attached hydrogen (secondary N) is 1. The Morgan fingerprint density at radius 1 is 1.23 bits per heavy atom. The normalized spacial score (nSPS) is 17.8. The zero-order valence-electron chi connectivity index (χ0n) is 14.6. The van der Waals surface area contributed by atoms with Gasteiger partial charge in [-0.05, 0) is 49.8 Å². The Morgan fingerprint density at radius 3 is 2.54 bits per heavy atom. The monoisotopic (exact) mass is 383 g/mol. The molecule has 0 aromatic heterocycles. The van der Waals surface area contributed by atoms with Crippen LogP contribution in [0.4, 0.5) is 0 Å². The van der Waals surface area contributed by atoms with E-state index in [0.29, 0.717) is 19.4 Å². The molecule has 1 saturated heterocycles. The molecule has 0 aliphatic carbocycles. The van der Waals surface area contributed by atoms with Crippen LogP contribution in [0.5, 0.6) is 0 Å². The average Bonchev–Trinajstić information content (AvgIpc) is 2.61. The predicted molar refractivity (Wildman–Crippen MR) is 95.6 cm³/mol.